The molecule has 1 rings (SSSR count). The molecular formula is C15H23N3O4. The van der Waals surface area contributed by atoms with Crippen LogP contribution in [-0.2, 0) is 4.74 Å². The maximum absolute atomic E-state index is 12.1. The van der Waals surface area contributed by atoms with Crippen LogP contribution in [0.3, 0.4) is 0 Å². The van der Waals surface area contributed by atoms with E-state index < -0.39 is 11.7 Å². The van der Waals surface area contributed by atoms with Gasteiger partial charge in [0.1, 0.15) is 5.60 Å². The van der Waals surface area contributed by atoms with Crippen LogP contribution in [0.5, 0.6) is 5.75 Å². The van der Waals surface area contributed by atoms with Gasteiger partial charge in [-0.1, -0.05) is 6.07 Å². The number of benzene rings is 1. The van der Waals surface area contributed by atoms with Gasteiger partial charge in [0.2, 0.25) is 0 Å². The Bertz CT molecular complexity index is 538. The van der Waals surface area contributed by atoms with Crippen LogP contribution in [0.25, 0.3) is 0 Å². The molecule has 0 saturated carbocycles. The molecule has 4 N–H and O–H groups in total. The van der Waals surface area contributed by atoms with E-state index in [4.69, 9.17) is 15.2 Å². The first-order valence-corrected chi connectivity index (χ1v) is 6.92. The van der Waals surface area contributed by atoms with E-state index in [1.165, 1.54) is 7.11 Å². The number of hydrogen-bond acceptors (Lipinski definition) is 5. The summed E-state index contributed by atoms with van der Waals surface area (Å²) in [7, 11) is 1.45. The third-order valence-corrected chi connectivity index (χ3v) is 2.57. The summed E-state index contributed by atoms with van der Waals surface area (Å²) in [5, 5.41) is 5.23. The first-order valence-electron chi connectivity index (χ1n) is 6.92. The molecule has 0 heterocycles. The van der Waals surface area contributed by atoms with Crippen molar-refractivity contribution >= 4 is 17.7 Å². The van der Waals surface area contributed by atoms with Crippen LogP contribution in [0.1, 0.15) is 31.1 Å². The Morgan fingerprint density at radius 2 is 1.82 bits per heavy atom. The summed E-state index contributed by atoms with van der Waals surface area (Å²) in [6.07, 6.45) is -0.525. The van der Waals surface area contributed by atoms with Crippen molar-refractivity contribution < 1.29 is 19.1 Å². The molecule has 0 fully saturated rings. The second-order valence-corrected chi connectivity index (χ2v) is 5.61. The van der Waals surface area contributed by atoms with Crippen LogP contribution in [0, 0.1) is 0 Å². The molecule has 7 heteroatoms. The number of rotatable bonds is 5. The number of para-hydroxylation sites is 1. The molecule has 7 nitrogen and oxygen atoms in total. The summed E-state index contributed by atoms with van der Waals surface area (Å²) in [4.78, 5) is 23.5. The standard InChI is InChI=1S/C15H23N3O4/c1-15(2,3)22-14(20)18-9-8-17-13(19)10-6-5-7-11(16)12(10)21-4/h5-7H,8-9,16H2,1-4H3,(H,17,19)(H,18,20). The normalized spacial score (nSPS) is 10.7. The number of ether oxygens (including phenoxy) is 2. The number of nitrogen functional groups attached to an aromatic ring is 1. The highest BCUT2D eigenvalue weighted by atomic mass is 16.6. The summed E-state index contributed by atoms with van der Waals surface area (Å²) < 4.78 is 10.2. The van der Waals surface area contributed by atoms with E-state index in [0.29, 0.717) is 17.0 Å². The average Bonchev–Trinajstić information content (AvgIpc) is 2.41. The zero-order valence-corrected chi connectivity index (χ0v) is 13.4. The highest BCUT2D eigenvalue weighted by Gasteiger charge is 2.16. The Labute approximate surface area is 130 Å². The molecule has 0 radical (unpaired) electrons. The van der Waals surface area contributed by atoms with E-state index in [9.17, 15) is 9.59 Å². The van der Waals surface area contributed by atoms with Crippen molar-refractivity contribution in [3.63, 3.8) is 0 Å². The van der Waals surface area contributed by atoms with Crippen LogP contribution < -0.4 is 21.1 Å². The van der Waals surface area contributed by atoms with Crippen molar-refractivity contribution in [3.8, 4) is 5.75 Å². The minimum atomic E-state index is -0.553. The van der Waals surface area contributed by atoms with E-state index in [2.05, 4.69) is 10.6 Å². The van der Waals surface area contributed by atoms with Gasteiger partial charge in [-0.3, -0.25) is 4.79 Å². The zero-order chi connectivity index (χ0) is 16.8. The average molecular weight is 309 g/mol. The highest BCUT2D eigenvalue weighted by molar-refractivity contribution is 5.98. The SMILES string of the molecule is COc1c(N)cccc1C(=O)NCCNC(=O)OC(C)(C)C. The fraction of sp³-hybridized carbons (Fsp3) is 0.467. The number of alkyl carbamates (subject to hydrolysis) is 1. The molecule has 1 aromatic carbocycles. The van der Waals surface area contributed by atoms with E-state index in [-0.39, 0.29) is 19.0 Å². The van der Waals surface area contributed by atoms with Gasteiger partial charge in [0.15, 0.2) is 5.75 Å². The molecule has 0 spiro atoms. The predicted octanol–water partition coefficient (Wildman–Crippen LogP) is 1.53. The predicted molar refractivity (Wildman–Crippen MR) is 84.0 cm³/mol. The second-order valence-electron chi connectivity index (χ2n) is 5.61. The highest BCUT2D eigenvalue weighted by Crippen LogP contribution is 2.25. The lowest BCUT2D eigenvalue weighted by Crippen LogP contribution is -2.37. The van der Waals surface area contributed by atoms with E-state index in [1.54, 1.807) is 39.0 Å². The monoisotopic (exact) mass is 309 g/mol. The van der Waals surface area contributed by atoms with Crippen LogP contribution >= 0.6 is 0 Å². The first-order chi connectivity index (χ1) is 10.2. The van der Waals surface area contributed by atoms with Gasteiger partial charge in [-0.05, 0) is 32.9 Å². The van der Waals surface area contributed by atoms with Gasteiger partial charge >= 0.3 is 6.09 Å². The maximum atomic E-state index is 12.1. The molecule has 0 aliphatic carbocycles. The molecule has 0 aliphatic rings. The van der Waals surface area contributed by atoms with Crippen molar-refractivity contribution in [1.82, 2.24) is 10.6 Å². The molecule has 0 atom stereocenters. The molecule has 0 bridgehead atoms. The molecule has 0 aliphatic heterocycles. The fourth-order valence-corrected chi connectivity index (χ4v) is 1.71. The van der Waals surface area contributed by atoms with Gasteiger partial charge in [-0.15, -0.1) is 0 Å². The summed E-state index contributed by atoms with van der Waals surface area (Å²) in [6.45, 7) is 5.85. The van der Waals surface area contributed by atoms with Gasteiger partial charge in [0.05, 0.1) is 18.4 Å². The lowest BCUT2D eigenvalue weighted by atomic mass is 10.1. The van der Waals surface area contributed by atoms with Crippen LogP contribution in [0.2, 0.25) is 0 Å². The third-order valence-electron chi connectivity index (χ3n) is 2.57. The van der Waals surface area contributed by atoms with E-state index in [0.717, 1.165) is 0 Å². The zero-order valence-electron chi connectivity index (χ0n) is 13.4. The van der Waals surface area contributed by atoms with Crippen molar-refractivity contribution in [1.29, 1.82) is 0 Å². The van der Waals surface area contributed by atoms with Crippen LogP contribution in [-0.4, -0.2) is 37.8 Å². The molecule has 1 aromatic rings. The van der Waals surface area contributed by atoms with E-state index >= 15 is 0 Å². The van der Waals surface area contributed by atoms with Gasteiger partial charge in [-0.25, -0.2) is 4.79 Å². The van der Waals surface area contributed by atoms with Crippen molar-refractivity contribution in [2.75, 3.05) is 25.9 Å². The summed E-state index contributed by atoms with van der Waals surface area (Å²) >= 11 is 0. The smallest absolute Gasteiger partial charge is 0.407 e. The third kappa shape index (κ3) is 5.51. The molecule has 0 saturated heterocycles. The summed E-state index contributed by atoms with van der Waals surface area (Å²) in [5.74, 6) is 0.00948. The van der Waals surface area contributed by atoms with Gasteiger partial charge in [0.25, 0.3) is 5.91 Å². The Morgan fingerprint density at radius 1 is 1.18 bits per heavy atom. The number of anilines is 1. The summed E-state index contributed by atoms with van der Waals surface area (Å²) in [6, 6.07) is 4.94. The van der Waals surface area contributed by atoms with Gasteiger partial charge < -0.3 is 25.8 Å². The number of carbonyl (C=O) groups is 2. The van der Waals surface area contributed by atoms with Crippen LogP contribution in [0.4, 0.5) is 10.5 Å². The van der Waals surface area contributed by atoms with Gasteiger partial charge in [0, 0.05) is 13.1 Å². The topological polar surface area (TPSA) is 103 Å². The van der Waals surface area contributed by atoms with Crippen molar-refractivity contribution in [2.45, 2.75) is 26.4 Å². The Hall–Kier alpha value is -2.44. The molecular weight excluding hydrogens is 286 g/mol. The number of hydrogen-bond donors (Lipinski definition) is 3. The maximum Gasteiger partial charge on any atom is 0.407 e. The minimum Gasteiger partial charge on any atom is -0.494 e. The number of amides is 2. The van der Waals surface area contributed by atoms with Gasteiger partial charge in [-0.2, -0.15) is 0 Å². The summed E-state index contributed by atoms with van der Waals surface area (Å²) in [5.41, 5.74) is 5.93. The lowest BCUT2D eigenvalue weighted by molar-refractivity contribution is 0.0526. The second kappa shape index (κ2) is 7.53. The Kier molecular flexibility index (Phi) is 6.03. The van der Waals surface area contributed by atoms with Crippen LogP contribution in [0.15, 0.2) is 18.2 Å². The molecule has 2 amide bonds. The molecule has 22 heavy (non-hydrogen) atoms. The Morgan fingerprint density at radius 3 is 2.41 bits per heavy atom. The largest absolute Gasteiger partial charge is 0.494 e. The number of carbonyl (C=O) groups excluding carboxylic acids is 2. The molecule has 0 unspecified atom stereocenters. The number of nitrogens with one attached hydrogen (secondary N) is 2. The molecule has 122 valence electrons. The fourth-order valence-electron chi connectivity index (χ4n) is 1.71. The van der Waals surface area contributed by atoms with Crippen molar-refractivity contribution in [3.05, 3.63) is 23.8 Å². The minimum absolute atomic E-state index is 0.255. The first kappa shape index (κ1) is 17.6. The number of nitrogens with two attached hydrogens (primary N) is 1. The quantitative estimate of drug-likeness (QED) is 0.565. The van der Waals surface area contributed by atoms with Crippen molar-refractivity contribution in [2.24, 2.45) is 0 Å². The molecule has 0 aromatic heterocycles. The van der Waals surface area contributed by atoms with E-state index in [1.807, 2.05) is 0 Å². The number of methoxy groups -OCH3 is 1. The lowest BCUT2D eigenvalue weighted by Gasteiger charge is -2.19. The Balaban J connectivity index is 2.45.